The SMILES string of the molecule is CN=C(NCc1ccc(C)cc1OCCOC)NCc1ncccc1F.I. The first-order valence-corrected chi connectivity index (χ1v) is 8.39. The monoisotopic (exact) mass is 488 g/mol. The molecule has 0 saturated heterocycles. The molecule has 8 heteroatoms. The molecule has 0 bridgehead atoms. The lowest BCUT2D eigenvalue weighted by atomic mass is 10.1. The van der Waals surface area contributed by atoms with E-state index in [1.807, 2.05) is 25.1 Å². The number of methoxy groups -OCH3 is 1. The molecule has 0 unspecified atom stereocenters. The second kappa shape index (κ2) is 12.4. The number of nitrogens with one attached hydrogen (secondary N) is 2. The summed E-state index contributed by atoms with van der Waals surface area (Å²) in [4.78, 5) is 8.17. The van der Waals surface area contributed by atoms with Gasteiger partial charge in [-0.2, -0.15) is 0 Å². The molecular weight excluding hydrogens is 462 g/mol. The Morgan fingerprint density at radius 1 is 1.19 bits per heavy atom. The first-order chi connectivity index (χ1) is 12.6. The molecule has 0 aliphatic carbocycles. The number of aliphatic imine (C=N–C) groups is 1. The number of hydrogen-bond donors (Lipinski definition) is 2. The first kappa shape index (κ1) is 23.1. The number of hydrogen-bond acceptors (Lipinski definition) is 4. The van der Waals surface area contributed by atoms with Gasteiger partial charge in [0, 0.05) is 32.5 Å². The summed E-state index contributed by atoms with van der Waals surface area (Å²) in [6.07, 6.45) is 1.56. The average molecular weight is 488 g/mol. The molecule has 27 heavy (non-hydrogen) atoms. The van der Waals surface area contributed by atoms with Crippen LogP contribution in [-0.4, -0.2) is 38.3 Å². The van der Waals surface area contributed by atoms with Crippen LogP contribution in [0.2, 0.25) is 0 Å². The maximum Gasteiger partial charge on any atom is 0.191 e. The van der Waals surface area contributed by atoms with Gasteiger partial charge in [-0.3, -0.25) is 9.98 Å². The van der Waals surface area contributed by atoms with Crippen LogP contribution in [0.15, 0.2) is 41.5 Å². The molecule has 0 aliphatic rings. The molecule has 1 aromatic heterocycles. The second-order valence-electron chi connectivity index (χ2n) is 5.66. The zero-order valence-electron chi connectivity index (χ0n) is 15.8. The molecule has 2 N–H and O–H groups in total. The van der Waals surface area contributed by atoms with Crippen LogP contribution in [0.3, 0.4) is 0 Å². The predicted molar refractivity (Wildman–Crippen MR) is 115 cm³/mol. The van der Waals surface area contributed by atoms with Crippen LogP contribution in [0, 0.1) is 12.7 Å². The number of guanidine groups is 1. The van der Waals surface area contributed by atoms with Crippen molar-refractivity contribution in [1.82, 2.24) is 15.6 Å². The number of ether oxygens (including phenoxy) is 2. The highest BCUT2D eigenvalue weighted by atomic mass is 127. The van der Waals surface area contributed by atoms with Crippen molar-refractivity contribution < 1.29 is 13.9 Å². The molecule has 2 aromatic rings. The van der Waals surface area contributed by atoms with Gasteiger partial charge in [-0.15, -0.1) is 24.0 Å². The van der Waals surface area contributed by atoms with Gasteiger partial charge in [-0.1, -0.05) is 12.1 Å². The van der Waals surface area contributed by atoms with Gasteiger partial charge in [0.2, 0.25) is 0 Å². The van der Waals surface area contributed by atoms with Crippen molar-refractivity contribution in [3.05, 3.63) is 59.2 Å². The largest absolute Gasteiger partial charge is 0.491 e. The standard InChI is InChI=1S/C19H25FN4O2.HI/c1-14-6-7-15(18(11-14)26-10-9-25-3)12-23-19(21-2)24-13-17-16(20)5-4-8-22-17;/h4-8,11H,9-10,12-13H2,1-3H3,(H2,21,23,24);1H. The molecule has 1 heterocycles. The summed E-state index contributed by atoms with van der Waals surface area (Å²) < 4.78 is 24.5. The topological polar surface area (TPSA) is 67.8 Å². The zero-order chi connectivity index (χ0) is 18.8. The van der Waals surface area contributed by atoms with Crippen molar-refractivity contribution in [1.29, 1.82) is 0 Å². The van der Waals surface area contributed by atoms with Crippen LogP contribution >= 0.6 is 24.0 Å². The Kier molecular flexibility index (Phi) is 10.6. The fourth-order valence-corrected chi connectivity index (χ4v) is 2.29. The van der Waals surface area contributed by atoms with Crippen molar-refractivity contribution in [2.24, 2.45) is 4.99 Å². The van der Waals surface area contributed by atoms with Gasteiger partial charge in [-0.05, 0) is 30.7 Å². The number of rotatable bonds is 8. The number of pyridine rings is 1. The summed E-state index contributed by atoms with van der Waals surface area (Å²) in [5.74, 6) is 1.02. The number of aromatic nitrogens is 1. The van der Waals surface area contributed by atoms with Crippen molar-refractivity contribution in [2.75, 3.05) is 27.4 Å². The van der Waals surface area contributed by atoms with Crippen molar-refractivity contribution >= 4 is 29.9 Å². The number of halogens is 2. The fourth-order valence-electron chi connectivity index (χ4n) is 2.29. The molecule has 0 spiro atoms. The molecule has 0 radical (unpaired) electrons. The number of nitrogens with zero attached hydrogens (tertiary/aromatic N) is 2. The summed E-state index contributed by atoms with van der Waals surface area (Å²) in [6.45, 7) is 3.80. The van der Waals surface area contributed by atoms with Crippen LogP contribution in [-0.2, 0) is 17.8 Å². The third-order valence-corrected chi connectivity index (χ3v) is 3.70. The lowest BCUT2D eigenvalue weighted by molar-refractivity contribution is 0.145. The van der Waals surface area contributed by atoms with Crippen LogP contribution < -0.4 is 15.4 Å². The highest BCUT2D eigenvalue weighted by molar-refractivity contribution is 14.0. The minimum atomic E-state index is -0.345. The van der Waals surface area contributed by atoms with E-state index in [4.69, 9.17) is 9.47 Å². The van der Waals surface area contributed by atoms with E-state index in [0.29, 0.717) is 31.4 Å². The quantitative estimate of drug-likeness (QED) is 0.259. The van der Waals surface area contributed by atoms with Gasteiger partial charge in [0.05, 0.1) is 18.8 Å². The van der Waals surface area contributed by atoms with Crippen molar-refractivity contribution in [3.63, 3.8) is 0 Å². The molecule has 0 fully saturated rings. The zero-order valence-corrected chi connectivity index (χ0v) is 18.1. The molecule has 148 valence electrons. The van der Waals surface area contributed by atoms with Crippen molar-refractivity contribution in [3.8, 4) is 5.75 Å². The Morgan fingerprint density at radius 3 is 2.67 bits per heavy atom. The summed E-state index contributed by atoms with van der Waals surface area (Å²) >= 11 is 0. The molecule has 1 aromatic carbocycles. The molecule has 2 rings (SSSR count). The third kappa shape index (κ3) is 7.67. The highest BCUT2D eigenvalue weighted by Gasteiger charge is 2.07. The Hall–Kier alpha value is -1.94. The predicted octanol–water partition coefficient (Wildman–Crippen LogP) is 3.04. The molecule has 0 aliphatic heterocycles. The van der Waals surface area contributed by atoms with Crippen molar-refractivity contribution in [2.45, 2.75) is 20.0 Å². The van der Waals surface area contributed by atoms with Gasteiger partial charge in [0.1, 0.15) is 18.2 Å². The van der Waals surface area contributed by atoms with Gasteiger partial charge in [-0.25, -0.2) is 4.39 Å². The van der Waals surface area contributed by atoms with Crippen LogP contribution in [0.5, 0.6) is 5.75 Å². The molecule has 6 nitrogen and oxygen atoms in total. The minimum absolute atomic E-state index is 0. The molecule has 0 amide bonds. The van der Waals surface area contributed by atoms with Gasteiger partial charge < -0.3 is 20.1 Å². The maximum absolute atomic E-state index is 13.6. The molecular formula is C19H26FIN4O2. The Bertz CT molecular complexity index is 743. The van der Waals surface area contributed by atoms with E-state index < -0.39 is 0 Å². The minimum Gasteiger partial charge on any atom is -0.491 e. The Labute approximate surface area is 176 Å². The van der Waals surface area contributed by atoms with Crippen LogP contribution in [0.25, 0.3) is 0 Å². The molecule has 0 atom stereocenters. The first-order valence-electron chi connectivity index (χ1n) is 8.39. The van der Waals surface area contributed by atoms with E-state index in [2.05, 4.69) is 20.6 Å². The van der Waals surface area contributed by atoms with Gasteiger partial charge in [0.25, 0.3) is 0 Å². The fraction of sp³-hybridized carbons (Fsp3) is 0.368. The lowest BCUT2D eigenvalue weighted by Crippen LogP contribution is -2.36. The lowest BCUT2D eigenvalue weighted by Gasteiger charge is -2.15. The summed E-state index contributed by atoms with van der Waals surface area (Å²) in [5.41, 5.74) is 2.46. The Balaban J connectivity index is 0.00000364. The van der Waals surface area contributed by atoms with E-state index in [1.165, 1.54) is 6.07 Å². The summed E-state index contributed by atoms with van der Waals surface area (Å²) in [7, 11) is 3.30. The maximum atomic E-state index is 13.6. The van der Waals surface area contributed by atoms with Gasteiger partial charge >= 0.3 is 0 Å². The second-order valence-corrected chi connectivity index (χ2v) is 5.66. The van der Waals surface area contributed by atoms with Crippen LogP contribution in [0.4, 0.5) is 4.39 Å². The van der Waals surface area contributed by atoms with Crippen LogP contribution in [0.1, 0.15) is 16.8 Å². The van der Waals surface area contributed by atoms with E-state index in [1.54, 1.807) is 26.4 Å². The van der Waals surface area contributed by atoms with E-state index >= 15 is 0 Å². The number of aryl methyl sites for hydroxylation is 1. The van der Waals surface area contributed by atoms with Gasteiger partial charge in [0.15, 0.2) is 5.96 Å². The average Bonchev–Trinajstić information content (AvgIpc) is 2.64. The summed E-state index contributed by atoms with van der Waals surface area (Å²) in [5, 5.41) is 6.26. The van der Waals surface area contributed by atoms with E-state index in [0.717, 1.165) is 16.9 Å². The van der Waals surface area contributed by atoms with E-state index in [-0.39, 0.29) is 36.3 Å². The van der Waals surface area contributed by atoms with E-state index in [9.17, 15) is 4.39 Å². The number of benzene rings is 1. The Morgan fingerprint density at radius 2 is 1.96 bits per heavy atom. The normalized spacial score (nSPS) is 10.9. The third-order valence-electron chi connectivity index (χ3n) is 3.70. The molecule has 0 saturated carbocycles. The smallest absolute Gasteiger partial charge is 0.191 e. The summed E-state index contributed by atoms with van der Waals surface area (Å²) in [6, 6.07) is 8.98. The highest BCUT2D eigenvalue weighted by Crippen LogP contribution is 2.20.